The number of morpholine rings is 1. The molecule has 1 aromatic rings. The molecule has 0 bridgehead atoms. The fourth-order valence-electron chi connectivity index (χ4n) is 4.41. The third-order valence-corrected chi connectivity index (χ3v) is 5.89. The number of carbonyl (C=O) groups is 2. The van der Waals surface area contributed by atoms with E-state index in [9.17, 15) is 9.59 Å². The normalized spacial score (nSPS) is 27.7. The molecule has 3 fully saturated rings. The first kappa shape index (κ1) is 17.4. The topological polar surface area (TPSA) is 66.0 Å². The van der Waals surface area contributed by atoms with Crippen LogP contribution in [0.5, 0.6) is 0 Å². The smallest absolute Gasteiger partial charge is 0.249 e. The molecule has 0 N–H and O–H groups in total. The molecule has 140 valence electrons. The summed E-state index contributed by atoms with van der Waals surface area (Å²) in [7, 11) is 0. The van der Waals surface area contributed by atoms with E-state index in [1.165, 1.54) is 0 Å². The monoisotopic (exact) mass is 358 g/mol. The molecule has 0 aromatic carbocycles. The van der Waals surface area contributed by atoms with E-state index in [4.69, 9.17) is 4.74 Å². The lowest BCUT2D eigenvalue weighted by molar-refractivity contribution is -0.154. The Morgan fingerprint density at radius 3 is 2.77 bits per heavy atom. The number of fused-ring (bicyclic) bond motifs is 1. The highest BCUT2D eigenvalue weighted by Crippen LogP contribution is 2.29. The van der Waals surface area contributed by atoms with E-state index in [1.807, 2.05) is 28.0 Å². The zero-order chi connectivity index (χ0) is 18.1. The highest BCUT2D eigenvalue weighted by molar-refractivity contribution is 5.78. The quantitative estimate of drug-likeness (QED) is 0.787. The lowest BCUT2D eigenvalue weighted by Crippen LogP contribution is -2.53. The molecule has 3 aliphatic rings. The van der Waals surface area contributed by atoms with Gasteiger partial charge in [-0.2, -0.15) is 0 Å². The van der Waals surface area contributed by atoms with Crippen LogP contribution in [0.1, 0.15) is 25.5 Å². The number of hydrogen-bond acceptors (Lipinski definition) is 5. The fourth-order valence-corrected chi connectivity index (χ4v) is 4.41. The molecule has 3 saturated heterocycles. The summed E-state index contributed by atoms with van der Waals surface area (Å²) >= 11 is 0. The maximum Gasteiger partial charge on any atom is 0.249 e. The average Bonchev–Trinajstić information content (AvgIpc) is 3.10. The van der Waals surface area contributed by atoms with Crippen LogP contribution in [0, 0.1) is 0 Å². The minimum absolute atomic E-state index is 0.0464. The van der Waals surface area contributed by atoms with Gasteiger partial charge in [0.1, 0.15) is 6.61 Å². The van der Waals surface area contributed by atoms with Gasteiger partial charge in [0.25, 0.3) is 0 Å². The van der Waals surface area contributed by atoms with Crippen LogP contribution in [0.15, 0.2) is 24.4 Å². The van der Waals surface area contributed by atoms with Crippen molar-refractivity contribution in [3.05, 3.63) is 30.1 Å². The number of rotatable bonds is 3. The summed E-state index contributed by atoms with van der Waals surface area (Å²) in [5.74, 6) is 0.208. The third kappa shape index (κ3) is 3.46. The molecule has 2 amide bonds. The second-order valence-electron chi connectivity index (χ2n) is 7.45. The average molecular weight is 358 g/mol. The minimum atomic E-state index is 0.0464. The van der Waals surface area contributed by atoms with Gasteiger partial charge in [0.15, 0.2) is 0 Å². The third-order valence-electron chi connectivity index (χ3n) is 5.89. The maximum atomic E-state index is 12.5. The van der Waals surface area contributed by atoms with Crippen molar-refractivity contribution in [1.29, 1.82) is 0 Å². The molecular weight excluding hydrogens is 332 g/mol. The molecule has 26 heavy (non-hydrogen) atoms. The van der Waals surface area contributed by atoms with Gasteiger partial charge in [-0.25, -0.2) is 0 Å². The summed E-state index contributed by atoms with van der Waals surface area (Å²) in [6.07, 6.45) is 3.82. The molecular formula is C19H26N4O3. The number of amides is 2. The Hall–Kier alpha value is -1.99. The molecule has 4 heterocycles. The Morgan fingerprint density at radius 1 is 1.27 bits per heavy atom. The van der Waals surface area contributed by atoms with Crippen LogP contribution in [-0.4, -0.2) is 82.5 Å². The number of likely N-dealkylation sites (tertiary alicyclic amines) is 2. The van der Waals surface area contributed by atoms with Gasteiger partial charge in [-0.3, -0.25) is 19.5 Å². The van der Waals surface area contributed by atoms with E-state index in [0.717, 1.165) is 44.7 Å². The predicted molar refractivity (Wildman–Crippen MR) is 95.2 cm³/mol. The van der Waals surface area contributed by atoms with E-state index < -0.39 is 0 Å². The lowest BCUT2D eigenvalue weighted by atomic mass is 10.0. The standard InChI is InChI=1S/C19H26N4O3/c1-14(24)21-8-5-16(6-9-21)22-11-17-18(12-22)26-13-19(25)23(17)10-15-4-2-3-7-20-15/h2-4,7,16-18H,5-6,8-13H2,1H3. The largest absolute Gasteiger partial charge is 0.365 e. The van der Waals surface area contributed by atoms with Gasteiger partial charge >= 0.3 is 0 Å². The number of pyridine rings is 1. The molecule has 3 aliphatic heterocycles. The first-order chi connectivity index (χ1) is 12.6. The van der Waals surface area contributed by atoms with Gasteiger partial charge in [-0.1, -0.05) is 6.07 Å². The maximum absolute atomic E-state index is 12.5. The molecule has 2 atom stereocenters. The molecule has 0 spiro atoms. The van der Waals surface area contributed by atoms with Crippen molar-refractivity contribution in [2.24, 2.45) is 0 Å². The number of hydrogen-bond donors (Lipinski definition) is 0. The van der Waals surface area contributed by atoms with Crippen molar-refractivity contribution < 1.29 is 14.3 Å². The highest BCUT2D eigenvalue weighted by Gasteiger charge is 2.45. The molecule has 1 aromatic heterocycles. The highest BCUT2D eigenvalue weighted by atomic mass is 16.5. The van der Waals surface area contributed by atoms with Crippen LogP contribution in [0.3, 0.4) is 0 Å². The predicted octanol–water partition coefficient (Wildman–Crippen LogP) is 0.504. The van der Waals surface area contributed by atoms with Gasteiger partial charge in [-0.15, -0.1) is 0 Å². The fraction of sp³-hybridized carbons (Fsp3) is 0.632. The van der Waals surface area contributed by atoms with Gasteiger partial charge in [-0.05, 0) is 25.0 Å². The van der Waals surface area contributed by atoms with Crippen molar-refractivity contribution in [3.63, 3.8) is 0 Å². The Labute approximate surface area is 153 Å². The molecule has 2 unspecified atom stereocenters. The number of ether oxygens (including phenoxy) is 1. The summed E-state index contributed by atoms with van der Waals surface area (Å²) < 4.78 is 5.84. The molecule has 7 nitrogen and oxygen atoms in total. The summed E-state index contributed by atoms with van der Waals surface area (Å²) in [5, 5.41) is 0. The molecule has 4 rings (SSSR count). The van der Waals surface area contributed by atoms with Gasteiger partial charge in [0.2, 0.25) is 11.8 Å². The van der Waals surface area contributed by atoms with Crippen LogP contribution in [-0.2, 0) is 20.9 Å². The molecule has 0 aliphatic carbocycles. The number of piperidine rings is 1. The zero-order valence-corrected chi connectivity index (χ0v) is 15.2. The lowest BCUT2D eigenvalue weighted by Gasteiger charge is -2.37. The first-order valence-corrected chi connectivity index (χ1v) is 9.42. The van der Waals surface area contributed by atoms with E-state index in [0.29, 0.717) is 12.6 Å². The second kappa shape index (κ2) is 7.32. The summed E-state index contributed by atoms with van der Waals surface area (Å²) in [6.45, 7) is 5.69. The van der Waals surface area contributed by atoms with E-state index in [2.05, 4.69) is 9.88 Å². The molecule has 0 saturated carbocycles. The number of nitrogens with zero attached hydrogens (tertiary/aromatic N) is 4. The van der Waals surface area contributed by atoms with Crippen LogP contribution in [0.4, 0.5) is 0 Å². The van der Waals surface area contributed by atoms with Gasteiger partial charge in [0.05, 0.1) is 24.4 Å². The SMILES string of the molecule is CC(=O)N1CCC(N2CC3OCC(=O)N(Cc4ccccn4)C3C2)CC1. The van der Waals surface area contributed by atoms with Crippen LogP contribution >= 0.6 is 0 Å². The van der Waals surface area contributed by atoms with Crippen molar-refractivity contribution in [2.45, 2.75) is 44.5 Å². The van der Waals surface area contributed by atoms with Crippen molar-refractivity contribution in [2.75, 3.05) is 32.8 Å². The molecule has 7 heteroatoms. The van der Waals surface area contributed by atoms with E-state index >= 15 is 0 Å². The van der Waals surface area contributed by atoms with Crippen molar-refractivity contribution in [1.82, 2.24) is 19.7 Å². The van der Waals surface area contributed by atoms with Gasteiger partial charge < -0.3 is 14.5 Å². The minimum Gasteiger partial charge on any atom is -0.365 e. The Bertz CT molecular complexity index is 660. The number of aromatic nitrogens is 1. The van der Waals surface area contributed by atoms with Crippen LogP contribution < -0.4 is 0 Å². The van der Waals surface area contributed by atoms with Gasteiger partial charge in [0, 0.05) is 45.3 Å². The summed E-state index contributed by atoms with van der Waals surface area (Å²) in [4.78, 5) is 34.7. The first-order valence-electron chi connectivity index (χ1n) is 9.42. The van der Waals surface area contributed by atoms with Crippen molar-refractivity contribution >= 4 is 11.8 Å². The Balaban J connectivity index is 1.41. The Kier molecular flexibility index (Phi) is 4.91. The Morgan fingerprint density at radius 2 is 2.08 bits per heavy atom. The molecule has 0 radical (unpaired) electrons. The second-order valence-corrected chi connectivity index (χ2v) is 7.45. The van der Waals surface area contributed by atoms with E-state index in [-0.39, 0.29) is 30.6 Å². The van der Waals surface area contributed by atoms with Crippen LogP contribution in [0.2, 0.25) is 0 Å². The van der Waals surface area contributed by atoms with E-state index in [1.54, 1.807) is 13.1 Å². The van der Waals surface area contributed by atoms with Crippen LogP contribution in [0.25, 0.3) is 0 Å². The van der Waals surface area contributed by atoms with Crippen molar-refractivity contribution in [3.8, 4) is 0 Å². The number of carbonyl (C=O) groups excluding carboxylic acids is 2. The summed E-state index contributed by atoms with van der Waals surface area (Å²) in [5.41, 5.74) is 0.912. The summed E-state index contributed by atoms with van der Waals surface area (Å²) in [6, 6.07) is 6.35. The zero-order valence-electron chi connectivity index (χ0n) is 15.2.